The molecule has 1 amide bonds. The molecular weight excluding hydrogens is 479 g/mol. The smallest absolute Gasteiger partial charge is 0.418 e. The summed E-state index contributed by atoms with van der Waals surface area (Å²) in [4.78, 5) is 37.4. The second-order valence-electron chi connectivity index (χ2n) is 7.94. The van der Waals surface area contributed by atoms with Crippen LogP contribution in [0.3, 0.4) is 0 Å². The van der Waals surface area contributed by atoms with Crippen molar-refractivity contribution in [2.75, 3.05) is 29.9 Å². The van der Waals surface area contributed by atoms with E-state index in [4.69, 9.17) is 16.3 Å². The van der Waals surface area contributed by atoms with Gasteiger partial charge in [0, 0.05) is 19.2 Å². The van der Waals surface area contributed by atoms with Crippen LogP contribution in [0.2, 0.25) is 5.02 Å². The van der Waals surface area contributed by atoms with Gasteiger partial charge < -0.3 is 15.0 Å². The first kappa shape index (κ1) is 25.3. The van der Waals surface area contributed by atoms with Crippen molar-refractivity contribution in [2.24, 2.45) is 5.92 Å². The lowest BCUT2D eigenvalue weighted by atomic mass is 9.99. The highest BCUT2D eigenvalue weighted by atomic mass is 35.5. The summed E-state index contributed by atoms with van der Waals surface area (Å²) in [6.07, 6.45) is -2.86. The van der Waals surface area contributed by atoms with Crippen molar-refractivity contribution in [3.8, 4) is 0 Å². The molecule has 1 aliphatic heterocycles. The number of nitro benzene ring substituents is 1. The van der Waals surface area contributed by atoms with Gasteiger partial charge in [-0.1, -0.05) is 24.6 Å². The number of halogens is 4. The predicted molar refractivity (Wildman–Crippen MR) is 119 cm³/mol. The Balaban J connectivity index is 1.70. The second kappa shape index (κ2) is 10.3. The van der Waals surface area contributed by atoms with Crippen LogP contribution in [0.4, 0.5) is 30.2 Å². The van der Waals surface area contributed by atoms with Gasteiger partial charge in [-0.05, 0) is 43.0 Å². The van der Waals surface area contributed by atoms with Gasteiger partial charge in [-0.25, -0.2) is 4.79 Å². The summed E-state index contributed by atoms with van der Waals surface area (Å²) in [7, 11) is 0. The van der Waals surface area contributed by atoms with Crippen molar-refractivity contribution in [1.82, 2.24) is 0 Å². The number of nitrogens with one attached hydrogen (secondary N) is 1. The molecule has 2 aromatic rings. The summed E-state index contributed by atoms with van der Waals surface area (Å²) in [6, 6.07) is 6.86. The van der Waals surface area contributed by atoms with E-state index in [1.54, 1.807) is 0 Å². The molecule has 1 heterocycles. The topological polar surface area (TPSA) is 102 Å². The van der Waals surface area contributed by atoms with E-state index in [0.717, 1.165) is 31.0 Å². The zero-order chi connectivity index (χ0) is 25.0. The Labute approximate surface area is 197 Å². The molecule has 0 aromatic heterocycles. The third-order valence-electron chi connectivity index (χ3n) is 5.32. The van der Waals surface area contributed by atoms with Crippen LogP contribution >= 0.6 is 11.6 Å². The Hall–Kier alpha value is -3.34. The van der Waals surface area contributed by atoms with Crippen LogP contribution in [-0.2, 0) is 15.7 Å². The van der Waals surface area contributed by atoms with E-state index in [2.05, 4.69) is 6.92 Å². The Kier molecular flexibility index (Phi) is 7.65. The third-order valence-corrected chi connectivity index (χ3v) is 5.64. The Morgan fingerprint density at radius 3 is 2.68 bits per heavy atom. The van der Waals surface area contributed by atoms with Crippen LogP contribution in [-0.4, -0.2) is 36.5 Å². The average molecular weight is 500 g/mol. The number of para-hydroxylation sites is 1. The molecule has 1 saturated heterocycles. The Bertz CT molecular complexity index is 1110. The van der Waals surface area contributed by atoms with Crippen molar-refractivity contribution in [1.29, 1.82) is 0 Å². The number of anilines is 2. The number of hydrogen-bond donors (Lipinski definition) is 1. The highest BCUT2D eigenvalue weighted by Gasteiger charge is 2.35. The first-order valence-corrected chi connectivity index (χ1v) is 10.7. The summed E-state index contributed by atoms with van der Waals surface area (Å²) < 4.78 is 44.3. The first-order chi connectivity index (χ1) is 16.0. The zero-order valence-electron chi connectivity index (χ0n) is 18.0. The summed E-state index contributed by atoms with van der Waals surface area (Å²) in [6.45, 7) is 2.43. The molecule has 2 aromatic carbocycles. The normalized spacial score (nSPS) is 16.1. The van der Waals surface area contributed by atoms with Gasteiger partial charge >= 0.3 is 12.1 Å². The minimum Gasteiger partial charge on any atom is -0.452 e. The number of carbonyl (C=O) groups is 2. The number of nitro groups is 1. The fourth-order valence-corrected chi connectivity index (χ4v) is 3.97. The van der Waals surface area contributed by atoms with Crippen molar-refractivity contribution in [3.63, 3.8) is 0 Å². The van der Waals surface area contributed by atoms with Gasteiger partial charge in [0.2, 0.25) is 0 Å². The zero-order valence-corrected chi connectivity index (χ0v) is 18.8. The summed E-state index contributed by atoms with van der Waals surface area (Å²) in [5, 5.41) is 13.2. The molecule has 3 rings (SSSR count). The highest BCUT2D eigenvalue weighted by molar-refractivity contribution is 6.34. The molecule has 1 fully saturated rings. The minimum atomic E-state index is -4.77. The van der Waals surface area contributed by atoms with Gasteiger partial charge in [0.1, 0.15) is 5.69 Å². The molecule has 0 spiro atoms. The maximum absolute atomic E-state index is 13.2. The van der Waals surface area contributed by atoms with E-state index in [1.165, 1.54) is 18.2 Å². The molecule has 1 N–H and O–H groups in total. The van der Waals surface area contributed by atoms with E-state index in [-0.39, 0.29) is 16.3 Å². The summed E-state index contributed by atoms with van der Waals surface area (Å²) >= 11 is 5.78. The third kappa shape index (κ3) is 5.96. The summed E-state index contributed by atoms with van der Waals surface area (Å²) in [5.41, 5.74) is -1.88. The van der Waals surface area contributed by atoms with E-state index in [0.29, 0.717) is 24.7 Å². The number of hydrogen-bond acceptors (Lipinski definition) is 6. The second-order valence-corrected chi connectivity index (χ2v) is 8.35. The number of carbonyl (C=O) groups excluding carboxylic acids is 2. The van der Waals surface area contributed by atoms with Crippen LogP contribution in [0.5, 0.6) is 0 Å². The van der Waals surface area contributed by atoms with Crippen LogP contribution in [0.1, 0.15) is 35.7 Å². The number of esters is 1. The lowest BCUT2D eigenvalue weighted by Crippen LogP contribution is -2.34. The number of ether oxygens (including phenoxy) is 1. The van der Waals surface area contributed by atoms with Crippen molar-refractivity contribution in [3.05, 3.63) is 62.7 Å². The van der Waals surface area contributed by atoms with Gasteiger partial charge in [-0.2, -0.15) is 13.2 Å². The molecule has 0 radical (unpaired) electrons. The van der Waals surface area contributed by atoms with Crippen molar-refractivity contribution >= 4 is 40.5 Å². The van der Waals surface area contributed by atoms with Crippen molar-refractivity contribution in [2.45, 2.75) is 25.9 Å². The number of rotatable bonds is 6. The maximum atomic E-state index is 13.2. The van der Waals surface area contributed by atoms with Gasteiger partial charge in [0.25, 0.3) is 11.6 Å². The quantitative estimate of drug-likeness (QED) is 0.329. The molecular formula is C22H21ClF3N3O5. The monoisotopic (exact) mass is 499 g/mol. The fraction of sp³-hybridized carbons (Fsp3) is 0.364. The molecule has 0 aliphatic carbocycles. The predicted octanol–water partition coefficient (Wildman–Crippen LogP) is 5.30. The first-order valence-electron chi connectivity index (χ1n) is 10.3. The molecule has 12 heteroatoms. The van der Waals surface area contributed by atoms with Gasteiger partial charge in [-0.3, -0.25) is 14.9 Å². The van der Waals surface area contributed by atoms with E-state index in [9.17, 15) is 32.9 Å². The number of amides is 1. The maximum Gasteiger partial charge on any atom is 0.418 e. The van der Waals surface area contributed by atoms with Gasteiger partial charge in [-0.15, -0.1) is 0 Å². The Morgan fingerprint density at radius 2 is 2.03 bits per heavy atom. The molecule has 1 atom stereocenters. The standard InChI is InChI=1S/C22H21ClF3N3O5/c1-13-4-3-9-28(11-13)17-8-7-14(10-18(17)29(32)33)21(31)34-12-19(30)27-20-15(22(24,25)26)5-2-6-16(20)23/h2,5-8,10,13H,3-4,9,11-12H2,1H3,(H,27,30). The molecule has 34 heavy (non-hydrogen) atoms. The fourth-order valence-electron chi connectivity index (χ4n) is 3.75. The van der Waals surface area contributed by atoms with Gasteiger partial charge in [0.15, 0.2) is 6.61 Å². The minimum absolute atomic E-state index is 0.165. The van der Waals surface area contributed by atoms with Gasteiger partial charge in [0.05, 0.1) is 26.8 Å². The van der Waals surface area contributed by atoms with Crippen LogP contribution in [0.15, 0.2) is 36.4 Å². The molecule has 8 nitrogen and oxygen atoms in total. The lowest BCUT2D eigenvalue weighted by Gasteiger charge is -2.32. The van der Waals surface area contributed by atoms with Crippen molar-refractivity contribution < 1.29 is 32.4 Å². The molecule has 1 aliphatic rings. The van der Waals surface area contributed by atoms with E-state index in [1.807, 2.05) is 10.2 Å². The number of piperidine rings is 1. The van der Waals surface area contributed by atoms with Crippen LogP contribution in [0.25, 0.3) is 0 Å². The molecule has 182 valence electrons. The lowest BCUT2D eigenvalue weighted by molar-refractivity contribution is -0.384. The Morgan fingerprint density at radius 1 is 1.29 bits per heavy atom. The highest BCUT2D eigenvalue weighted by Crippen LogP contribution is 2.38. The summed E-state index contributed by atoms with van der Waals surface area (Å²) in [5.74, 6) is -1.72. The molecule has 1 unspecified atom stereocenters. The number of benzene rings is 2. The largest absolute Gasteiger partial charge is 0.452 e. The van der Waals surface area contributed by atoms with Crippen LogP contribution in [0, 0.1) is 16.0 Å². The molecule has 0 saturated carbocycles. The van der Waals surface area contributed by atoms with E-state index >= 15 is 0 Å². The molecule has 0 bridgehead atoms. The van der Waals surface area contributed by atoms with Crippen LogP contribution < -0.4 is 10.2 Å². The average Bonchev–Trinajstić information content (AvgIpc) is 2.77. The number of nitrogens with zero attached hydrogens (tertiary/aromatic N) is 2. The SMILES string of the molecule is CC1CCCN(c2ccc(C(=O)OCC(=O)Nc3c(Cl)cccc3C(F)(F)F)cc2[N+](=O)[O-])C1. The number of alkyl halides is 3. The van der Waals surface area contributed by atoms with E-state index < -0.39 is 40.8 Å².